The number of carbonyl (C=O) groups is 1. The van der Waals surface area contributed by atoms with Crippen molar-refractivity contribution < 1.29 is 18.0 Å². The Balaban J connectivity index is 1.65. The van der Waals surface area contributed by atoms with Crippen LogP contribution in [0.2, 0.25) is 5.02 Å². The third kappa shape index (κ3) is 4.17. The Kier molecular flexibility index (Phi) is 5.52. The Labute approximate surface area is 194 Å². The van der Waals surface area contributed by atoms with Crippen LogP contribution < -0.4 is 0 Å². The maximum atomic E-state index is 13.4. The zero-order valence-electron chi connectivity index (χ0n) is 17.7. The maximum absolute atomic E-state index is 13.4. The summed E-state index contributed by atoms with van der Waals surface area (Å²) in [7, 11) is 0. The molecule has 0 spiro atoms. The summed E-state index contributed by atoms with van der Waals surface area (Å²) in [5.74, 6) is -0.151. The average Bonchev–Trinajstić information content (AvgIpc) is 3.53. The molecule has 0 radical (unpaired) electrons. The van der Waals surface area contributed by atoms with Gasteiger partial charge in [0.1, 0.15) is 0 Å². The number of carbonyl (C=O) groups excluding carboxylic acids is 1. The predicted molar refractivity (Wildman–Crippen MR) is 121 cm³/mol. The number of fused-ring (bicyclic) bond motifs is 1. The van der Waals surface area contributed by atoms with Crippen LogP contribution in [0.4, 0.5) is 13.2 Å². The molecular formula is C25H21ClF3N3O. The molecule has 1 aliphatic heterocycles. The van der Waals surface area contributed by atoms with E-state index in [1.54, 1.807) is 23.1 Å². The largest absolute Gasteiger partial charge is 0.416 e. The zero-order valence-corrected chi connectivity index (χ0v) is 18.5. The first-order chi connectivity index (χ1) is 15.8. The summed E-state index contributed by atoms with van der Waals surface area (Å²) >= 11 is 6.00. The SMILES string of the molecule is O=C(c1nn(-c2cccc(C(F)(F)F)c2)c2c1CC/C2=C/c1ccc(Cl)cc1)N1CCCC1. The third-order valence-corrected chi connectivity index (χ3v) is 6.41. The third-order valence-electron chi connectivity index (χ3n) is 6.16. The van der Waals surface area contributed by atoms with Crippen LogP contribution in [-0.4, -0.2) is 33.7 Å². The summed E-state index contributed by atoms with van der Waals surface area (Å²) in [6, 6.07) is 12.4. The van der Waals surface area contributed by atoms with Crippen LogP contribution >= 0.6 is 11.6 Å². The second-order valence-corrected chi connectivity index (χ2v) is 8.79. The summed E-state index contributed by atoms with van der Waals surface area (Å²) in [4.78, 5) is 15.0. The summed E-state index contributed by atoms with van der Waals surface area (Å²) in [5, 5.41) is 5.19. The minimum Gasteiger partial charge on any atom is -0.337 e. The number of halogens is 4. The molecule has 0 unspecified atom stereocenters. The highest BCUT2D eigenvalue weighted by Gasteiger charge is 2.34. The van der Waals surface area contributed by atoms with Gasteiger partial charge in [0, 0.05) is 23.7 Å². The lowest BCUT2D eigenvalue weighted by molar-refractivity contribution is -0.137. The number of allylic oxidation sites excluding steroid dienone is 1. The molecule has 1 amide bonds. The van der Waals surface area contributed by atoms with Crippen LogP contribution in [0.3, 0.4) is 0 Å². The van der Waals surface area contributed by atoms with Crippen molar-refractivity contribution in [1.29, 1.82) is 0 Å². The first-order valence-corrected chi connectivity index (χ1v) is 11.2. The molecule has 2 aliphatic rings. The fraction of sp³-hybridized carbons (Fsp3) is 0.280. The first-order valence-electron chi connectivity index (χ1n) is 10.9. The van der Waals surface area contributed by atoms with E-state index in [0.29, 0.717) is 42.3 Å². The van der Waals surface area contributed by atoms with E-state index < -0.39 is 11.7 Å². The number of amides is 1. The van der Waals surface area contributed by atoms with Gasteiger partial charge in [0.15, 0.2) is 5.69 Å². The normalized spacial score (nSPS) is 17.1. The molecule has 5 rings (SSSR count). The van der Waals surface area contributed by atoms with E-state index in [1.807, 2.05) is 18.2 Å². The molecule has 33 heavy (non-hydrogen) atoms. The summed E-state index contributed by atoms with van der Waals surface area (Å²) in [5.41, 5.74) is 3.22. The molecule has 0 saturated carbocycles. The van der Waals surface area contributed by atoms with E-state index in [-0.39, 0.29) is 11.6 Å². The lowest BCUT2D eigenvalue weighted by atomic mass is 10.1. The fourth-order valence-electron chi connectivity index (χ4n) is 4.54. The van der Waals surface area contributed by atoms with E-state index >= 15 is 0 Å². The van der Waals surface area contributed by atoms with E-state index in [0.717, 1.165) is 41.7 Å². The zero-order chi connectivity index (χ0) is 23.2. The Morgan fingerprint density at radius 1 is 1.03 bits per heavy atom. The highest BCUT2D eigenvalue weighted by atomic mass is 35.5. The number of aromatic nitrogens is 2. The van der Waals surface area contributed by atoms with Crippen LogP contribution in [0.15, 0.2) is 48.5 Å². The van der Waals surface area contributed by atoms with Crippen molar-refractivity contribution in [2.45, 2.75) is 31.9 Å². The van der Waals surface area contributed by atoms with Crippen molar-refractivity contribution in [3.63, 3.8) is 0 Å². The predicted octanol–water partition coefficient (Wildman–Crippen LogP) is 6.27. The van der Waals surface area contributed by atoms with E-state index in [4.69, 9.17) is 11.6 Å². The van der Waals surface area contributed by atoms with Gasteiger partial charge < -0.3 is 4.90 Å². The highest BCUT2D eigenvalue weighted by molar-refractivity contribution is 6.30. The van der Waals surface area contributed by atoms with Gasteiger partial charge in [-0.25, -0.2) is 4.68 Å². The van der Waals surface area contributed by atoms with Crippen LogP contribution in [0.1, 0.15) is 52.1 Å². The topological polar surface area (TPSA) is 38.1 Å². The Morgan fingerprint density at radius 3 is 2.45 bits per heavy atom. The second-order valence-electron chi connectivity index (χ2n) is 8.36. The minimum atomic E-state index is -4.47. The van der Waals surface area contributed by atoms with Gasteiger partial charge in [0.2, 0.25) is 0 Å². The molecule has 1 aliphatic carbocycles. The lowest BCUT2D eigenvalue weighted by Crippen LogP contribution is -2.28. The molecule has 0 atom stereocenters. The van der Waals surface area contributed by atoms with Crippen molar-refractivity contribution in [3.8, 4) is 5.69 Å². The summed E-state index contributed by atoms with van der Waals surface area (Å²) in [6.45, 7) is 1.36. The molecule has 0 bridgehead atoms. The summed E-state index contributed by atoms with van der Waals surface area (Å²) < 4.78 is 41.6. The molecule has 2 heterocycles. The molecule has 1 saturated heterocycles. The molecule has 2 aromatic carbocycles. The molecule has 8 heteroatoms. The van der Waals surface area contributed by atoms with Gasteiger partial charge in [-0.1, -0.05) is 29.8 Å². The second kappa shape index (κ2) is 8.37. The molecule has 0 N–H and O–H groups in total. The average molecular weight is 472 g/mol. The van der Waals surface area contributed by atoms with Crippen molar-refractivity contribution in [1.82, 2.24) is 14.7 Å². The molecular weight excluding hydrogens is 451 g/mol. The van der Waals surface area contributed by atoms with Crippen LogP contribution in [0.5, 0.6) is 0 Å². The van der Waals surface area contributed by atoms with E-state index in [2.05, 4.69) is 5.10 Å². The molecule has 1 fully saturated rings. The number of nitrogens with zero attached hydrogens (tertiary/aromatic N) is 3. The van der Waals surface area contributed by atoms with Gasteiger partial charge in [0.25, 0.3) is 5.91 Å². The van der Waals surface area contributed by atoms with Crippen LogP contribution in [-0.2, 0) is 12.6 Å². The smallest absolute Gasteiger partial charge is 0.337 e. The quantitative estimate of drug-likeness (QED) is 0.451. The van der Waals surface area contributed by atoms with Crippen LogP contribution in [0, 0.1) is 0 Å². The van der Waals surface area contributed by atoms with Gasteiger partial charge in [0.05, 0.1) is 16.9 Å². The lowest BCUT2D eigenvalue weighted by Gasteiger charge is -2.14. The number of rotatable bonds is 3. The van der Waals surface area contributed by atoms with Crippen LogP contribution in [0.25, 0.3) is 17.3 Å². The Hall–Kier alpha value is -3.06. The monoisotopic (exact) mass is 471 g/mol. The van der Waals surface area contributed by atoms with Gasteiger partial charge >= 0.3 is 6.18 Å². The molecule has 1 aromatic heterocycles. The van der Waals surface area contributed by atoms with Gasteiger partial charge in [-0.2, -0.15) is 18.3 Å². The number of likely N-dealkylation sites (tertiary alicyclic amines) is 1. The maximum Gasteiger partial charge on any atom is 0.416 e. The number of benzene rings is 2. The standard InChI is InChI=1S/C25H21ClF3N3O/c26-19-9-6-16(7-10-19)14-17-8-11-21-22(24(33)31-12-1-2-13-31)30-32(23(17)21)20-5-3-4-18(15-20)25(27,28)29/h3-7,9-10,14-15H,1-2,8,11-13H2/b17-14-. The van der Waals surface area contributed by atoms with E-state index in [9.17, 15) is 18.0 Å². The van der Waals surface area contributed by atoms with Gasteiger partial charge in [-0.15, -0.1) is 0 Å². The molecule has 4 nitrogen and oxygen atoms in total. The van der Waals surface area contributed by atoms with Crippen molar-refractivity contribution in [3.05, 3.63) is 81.6 Å². The first kappa shape index (κ1) is 21.8. The van der Waals surface area contributed by atoms with Crippen molar-refractivity contribution >= 4 is 29.2 Å². The summed E-state index contributed by atoms with van der Waals surface area (Å²) in [6.07, 6.45) is 0.701. The number of hydrogen-bond acceptors (Lipinski definition) is 2. The molecule has 3 aromatic rings. The number of hydrogen-bond donors (Lipinski definition) is 0. The van der Waals surface area contributed by atoms with Crippen molar-refractivity contribution in [2.75, 3.05) is 13.1 Å². The van der Waals surface area contributed by atoms with Gasteiger partial charge in [-0.3, -0.25) is 4.79 Å². The molecule has 170 valence electrons. The Morgan fingerprint density at radius 2 is 1.76 bits per heavy atom. The highest BCUT2D eigenvalue weighted by Crippen LogP contribution is 2.39. The Bertz CT molecular complexity index is 1240. The van der Waals surface area contributed by atoms with Crippen molar-refractivity contribution in [2.24, 2.45) is 0 Å². The van der Waals surface area contributed by atoms with Gasteiger partial charge in [-0.05, 0) is 73.2 Å². The fourth-order valence-corrected chi connectivity index (χ4v) is 4.66. The van der Waals surface area contributed by atoms with E-state index in [1.165, 1.54) is 10.7 Å². The number of alkyl halides is 3. The minimum absolute atomic E-state index is 0.151.